The fourth-order valence-corrected chi connectivity index (χ4v) is 2.87. The summed E-state index contributed by atoms with van der Waals surface area (Å²) in [4.78, 5) is 22.5. The van der Waals surface area contributed by atoms with Gasteiger partial charge >= 0.3 is 0 Å². The highest BCUT2D eigenvalue weighted by Gasteiger charge is 2.22. The number of nitro groups is 1. The van der Waals surface area contributed by atoms with E-state index in [1.807, 2.05) is 0 Å². The van der Waals surface area contributed by atoms with Gasteiger partial charge in [0.1, 0.15) is 5.69 Å². The van der Waals surface area contributed by atoms with E-state index in [1.165, 1.54) is 18.2 Å². The largest absolute Gasteiger partial charge is 0.327 e. The molecule has 1 fully saturated rings. The lowest BCUT2D eigenvalue weighted by atomic mass is 9.89. The Labute approximate surface area is 138 Å². The standard InChI is InChI=1S/C14H16ClN3O3S/c15-10-6-7-11(12(8-10)18(20)21)16-14(22)17-13(19)9-4-2-1-3-5-9/h6-9H,1-5H2,(H2,16,17,19,22). The predicted octanol–water partition coefficient (Wildman–Crippen LogP) is 3.64. The van der Waals surface area contributed by atoms with Crippen molar-refractivity contribution in [1.82, 2.24) is 5.32 Å². The van der Waals surface area contributed by atoms with Gasteiger partial charge in [-0.3, -0.25) is 14.9 Å². The molecule has 0 aliphatic heterocycles. The Bertz CT molecular complexity index is 603. The van der Waals surface area contributed by atoms with E-state index < -0.39 is 4.92 Å². The van der Waals surface area contributed by atoms with Crippen molar-refractivity contribution >= 4 is 46.2 Å². The van der Waals surface area contributed by atoms with Crippen LogP contribution in [0, 0.1) is 16.0 Å². The van der Waals surface area contributed by atoms with E-state index in [0.717, 1.165) is 32.1 Å². The van der Waals surface area contributed by atoms with Crippen molar-refractivity contribution in [1.29, 1.82) is 0 Å². The Morgan fingerprint density at radius 3 is 2.64 bits per heavy atom. The van der Waals surface area contributed by atoms with E-state index in [1.54, 1.807) is 0 Å². The number of nitrogens with zero attached hydrogens (tertiary/aromatic N) is 1. The fraction of sp³-hybridized carbons (Fsp3) is 0.429. The first-order chi connectivity index (χ1) is 10.5. The zero-order valence-corrected chi connectivity index (χ0v) is 13.4. The van der Waals surface area contributed by atoms with Crippen LogP contribution >= 0.6 is 23.8 Å². The van der Waals surface area contributed by atoms with Gasteiger partial charge < -0.3 is 10.6 Å². The number of halogens is 1. The fourth-order valence-electron chi connectivity index (χ4n) is 2.49. The molecule has 0 spiro atoms. The Balaban J connectivity index is 2.00. The first-order valence-electron chi connectivity index (χ1n) is 7.03. The first kappa shape index (κ1) is 16.6. The molecule has 2 rings (SSSR count). The number of hydrogen-bond acceptors (Lipinski definition) is 4. The van der Waals surface area contributed by atoms with Crippen LogP contribution in [0.4, 0.5) is 11.4 Å². The third kappa shape index (κ3) is 4.38. The molecular formula is C14H16ClN3O3S. The van der Waals surface area contributed by atoms with Crippen LogP contribution in [0.25, 0.3) is 0 Å². The number of thiocarbonyl (C=S) groups is 1. The second kappa shape index (κ2) is 7.51. The zero-order valence-electron chi connectivity index (χ0n) is 11.8. The summed E-state index contributed by atoms with van der Waals surface area (Å²) in [5.41, 5.74) is 0.00473. The number of amides is 1. The number of carbonyl (C=O) groups excluding carboxylic acids is 1. The summed E-state index contributed by atoms with van der Waals surface area (Å²) < 4.78 is 0. The lowest BCUT2D eigenvalue weighted by Crippen LogP contribution is -2.39. The SMILES string of the molecule is O=C(NC(=S)Nc1ccc(Cl)cc1[N+](=O)[O-])C1CCCCC1. The Kier molecular flexibility index (Phi) is 5.68. The summed E-state index contributed by atoms with van der Waals surface area (Å²) in [5, 5.41) is 16.6. The maximum Gasteiger partial charge on any atom is 0.294 e. The van der Waals surface area contributed by atoms with Gasteiger partial charge in [-0.2, -0.15) is 0 Å². The minimum Gasteiger partial charge on any atom is -0.327 e. The van der Waals surface area contributed by atoms with E-state index in [0.29, 0.717) is 0 Å². The maximum absolute atomic E-state index is 12.1. The molecule has 1 aliphatic carbocycles. The van der Waals surface area contributed by atoms with Gasteiger partial charge in [-0.1, -0.05) is 30.9 Å². The molecule has 8 heteroatoms. The van der Waals surface area contributed by atoms with Crippen molar-refractivity contribution in [3.8, 4) is 0 Å². The van der Waals surface area contributed by atoms with Crippen molar-refractivity contribution < 1.29 is 9.72 Å². The van der Waals surface area contributed by atoms with Crippen LogP contribution in [-0.2, 0) is 4.79 Å². The Hall–Kier alpha value is -1.73. The molecule has 0 aromatic heterocycles. The molecule has 0 heterocycles. The van der Waals surface area contributed by atoms with Crippen molar-refractivity contribution in [2.75, 3.05) is 5.32 Å². The number of nitrogens with one attached hydrogen (secondary N) is 2. The van der Waals surface area contributed by atoms with Crippen molar-refractivity contribution in [3.05, 3.63) is 33.3 Å². The molecule has 118 valence electrons. The number of rotatable bonds is 3. The molecule has 1 amide bonds. The van der Waals surface area contributed by atoms with Gasteiger partial charge in [0.25, 0.3) is 5.69 Å². The number of carbonyl (C=O) groups is 1. The van der Waals surface area contributed by atoms with Gasteiger partial charge in [0.05, 0.1) is 4.92 Å². The quantitative estimate of drug-likeness (QED) is 0.498. The van der Waals surface area contributed by atoms with Crippen molar-refractivity contribution in [3.63, 3.8) is 0 Å². The molecule has 0 unspecified atom stereocenters. The average Bonchev–Trinajstić information content (AvgIpc) is 2.49. The van der Waals surface area contributed by atoms with Crippen LogP contribution in [0.3, 0.4) is 0 Å². The minimum absolute atomic E-state index is 0.0336. The van der Waals surface area contributed by atoms with E-state index >= 15 is 0 Å². The summed E-state index contributed by atoms with van der Waals surface area (Å²) in [5.74, 6) is -0.164. The molecule has 6 nitrogen and oxygen atoms in total. The summed E-state index contributed by atoms with van der Waals surface area (Å²) in [6.45, 7) is 0. The average molecular weight is 342 g/mol. The second-order valence-corrected chi connectivity index (χ2v) is 6.04. The van der Waals surface area contributed by atoms with Gasteiger partial charge in [0.15, 0.2) is 5.11 Å². The predicted molar refractivity (Wildman–Crippen MR) is 89.0 cm³/mol. The summed E-state index contributed by atoms with van der Waals surface area (Å²) in [6, 6.07) is 4.21. The highest BCUT2D eigenvalue weighted by molar-refractivity contribution is 7.80. The highest BCUT2D eigenvalue weighted by atomic mass is 35.5. The van der Waals surface area contributed by atoms with Crippen LogP contribution < -0.4 is 10.6 Å². The number of hydrogen-bond donors (Lipinski definition) is 2. The minimum atomic E-state index is -0.556. The van der Waals surface area contributed by atoms with E-state index in [2.05, 4.69) is 10.6 Å². The van der Waals surface area contributed by atoms with Crippen LogP contribution in [0.1, 0.15) is 32.1 Å². The number of nitro benzene ring substituents is 1. The normalized spacial score (nSPS) is 15.1. The van der Waals surface area contributed by atoms with Crippen LogP contribution in [0.5, 0.6) is 0 Å². The molecule has 1 aromatic carbocycles. The molecule has 0 saturated heterocycles. The smallest absolute Gasteiger partial charge is 0.294 e. The summed E-state index contributed by atoms with van der Waals surface area (Å²) in [7, 11) is 0. The first-order valence-corrected chi connectivity index (χ1v) is 7.82. The maximum atomic E-state index is 12.1. The number of benzene rings is 1. The molecule has 22 heavy (non-hydrogen) atoms. The van der Waals surface area contributed by atoms with Crippen LogP contribution in [0.15, 0.2) is 18.2 Å². The van der Waals surface area contributed by atoms with E-state index in [-0.39, 0.29) is 33.3 Å². The lowest BCUT2D eigenvalue weighted by molar-refractivity contribution is -0.383. The third-order valence-electron chi connectivity index (χ3n) is 3.62. The zero-order chi connectivity index (χ0) is 16.1. The van der Waals surface area contributed by atoms with E-state index in [4.69, 9.17) is 23.8 Å². The molecule has 2 N–H and O–H groups in total. The van der Waals surface area contributed by atoms with E-state index in [9.17, 15) is 14.9 Å². The van der Waals surface area contributed by atoms with Gasteiger partial charge in [-0.25, -0.2) is 0 Å². The third-order valence-corrected chi connectivity index (χ3v) is 4.06. The molecule has 1 aliphatic rings. The van der Waals surface area contributed by atoms with Gasteiger partial charge in [-0.15, -0.1) is 0 Å². The van der Waals surface area contributed by atoms with Gasteiger partial charge in [-0.05, 0) is 37.2 Å². The second-order valence-electron chi connectivity index (χ2n) is 5.20. The topological polar surface area (TPSA) is 84.3 Å². The van der Waals surface area contributed by atoms with Crippen molar-refractivity contribution in [2.24, 2.45) is 5.92 Å². The molecule has 1 aromatic rings. The summed E-state index contributed by atoms with van der Waals surface area (Å²) in [6.07, 6.45) is 4.95. The summed E-state index contributed by atoms with van der Waals surface area (Å²) >= 11 is 10.8. The molecular weight excluding hydrogens is 326 g/mol. The Morgan fingerprint density at radius 2 is 2.00 bits per heavy atom. The molecule has 0 bridgehead atoms. The lowest BCUT2D eigenvalue weighted by Gasteiger charge is -2.21. The number of anilines is 1. The molecule has 0 radical (unpaired) electrons. The van der Waals surface area contributed by atoms with Gasteiger partial charge in [0.2, 0.25) is 5.91 Å². The molecule has 0 atom stereocenters. The van der Waals surface area contributed by atoms with Gasteiger partial charge in [0, 0.05) is 17.0 Å². The molecule has 1 saturated carbocycles. The van der Waals surface area contributed by atoms with Crippen LogP contribution in [-0.4, -0.2) is 15.9 Å². The highest BCUT2D eigenvalue weighted by Crippen LogP contribution is 2.28. The van der Waals surface area contributed by atoms with Crippen LogP contribution in [0.2, 0.25) is 5.02 Å². The van der Waals surface area contributed by atoms with Crippen molar-refractivity contribution in [2.45, 2.75) is 32.1 Å². The Morgan fingerprint density at radius 1 is 1.32 bits per heavy atom. The monoisotopic (exact) mass is 341 g/mol.